The quantitative estimate of drug-likeness (QED) is 0.916. The first-order valence-corrected chi connectivity index (χ1v) is 10.4. The smallest absolute Gasteiger partial charge is 0.264 e. The van der Waals surface area contributed by atoms with Gasteiger partial charge in [0.15, 0.2) is 9.84 Å². The zero-order valence-electron chi connectivity index (χ0n) is 13.2. The van der Waals surface area contributed by atoms with Crippen molar-refractivity contribution in [3.63, 3.8) is 0 Å². The highest BCUT2D eigenvalue weighted by Crippen LogP contribution is 2.33. The summed E-state index contributed by atoms with van der Waals surface area (Å²) in [6.45, 7) is 4.10. The van der Waals surface area contributed by atoms with Crippen LogP contribution in [0.5, 0.6) is 0 Å². The van der Waals surface area contributed by atoms with Crippen molar-refractivity contribution in [1.29, 1.82) is 0 Å². The largest absolute Gasteiger partial charge is 0.335 e. The minimum atomic E-state index is -3.21. The van der Waals surface area contributed by atoms with E-state index in [0.29, 0.717) is 23.5 Å². The molecule has 1 atom stereocenters. The van der Waals surface area contributed by atoms with Crippen LogP contribution in [0, 0.1) is 0 Å². The van der Waals surface area contributed by atoms with Gasteiger partial charge >= 0.3 is 0 Å². The Bertz CT molecular complexity index is 842. The molecular formula is C16H20N2O3S2. The summed E-state index contributed by atoms with van der Waals surface area (Å²) in [4.78, 5) is 15.3. The lowest BCUT2D eigenvalue weighted by molar-refractivity contribution is 0.0713. The molecule has 1 saturated heterocycles. The van der Waals surface area contributed by atoms with Crippen LogP contribution in [0.15, 0.2) is 24.3 Å². The molecule has 0 aliphatic carbocycles. The molecule has 7 heteroatoms. The Hall–Kier alpha value is -1.44. The third-order valence-electron chi connectivity index (χ3n) is 3.96. The van der Waals surface area contributed by atoms with Crippen LogP contribution in [-0.2, 0) is 15.6 Å². The SMILES string of the molecule is C[C@@H]1CN(C(=O)c2sc3ccccc3c2CS(C)(=O)=O)CCN1. The molecule has 1 aromatic carbocycles. The van der Waals surface area contributed by atoms with Crippen LogP contribution in [0.2, 0.25) is 0 Å². The van der Waals surface area contributed by atoms with E-state index in [9.17, 15) is 13.2 Å². The molecule has 124 valence electrons. The van der Waals surface area contributed by atoms with Gasteiger partial charge in [0.25, 0.3) is 5.91 Å². The predicted molar refractivity (Wildman–Crippen MR) is 93.7 cm³/mol. The van der Waals surface area contributed by atoms with E-state index in [1.807, 2.05) is 36.1 Å². The second kappa shape index (κ2) is 6.22. The lowest BCUT2D eigenvalue weighted by atomic mass is 10.1. The molecule has 0 radical (unpaired) electrons. The van der Waals surface area contributed by atoms with E-state index in [-0.39, 0.29) is 17.7 Å². The van der Waals surface area contributed by atoms with Gasteiger partial charge < -0.3 is 10.2 Å². The van der Waals surface area contributed by atoms with Crippen LogP contribution in [0.25, 0.3) is 10.1 Å². The zero-order chi connectivity index (χ0) is 16.6. The van der Waals surface area contributed by atoms with E-state index in [0.717, 1.165) is 16.6 Å². The van der Waals surface area contributed by atoms with Crippen molar-refractivity contribution in [1.82, 2.24) is 10.2 Å². The monoisotopic (exact) mass is 352 g/mol. The maximum atomic E-state index is 12.9. The number of carbonyl (C=O) groups is 1. The topological polar surface area (TPSA) is 66.5 Å². The highest BCUT2D eigenvalue weighted by atomic mass is 32.2. The minimum Gasteiger partial charge on any atom is -0.335 e. The second-order valence-corrected chi connectivity index (χ2v) is 9.27. The van der Waals surface area contributed by atoms with Crippen LogP contribution in [-0.4, -0.2) is 51.2 Å². The third kappa shape index (κ3) is 3.57. The van der Waals surface area contributed by atoms with Crippen LogP contribution in [0.3, 0.4) is 0 Å². The molecule has 0 bridgehead atoms. The standard InChI is InChI=1S/C16H20N2O3S2/c1-11-9-18(8-7-17-11)16(19)15-13(10-23(2,20)21)12-5-3-4-6-14(12)22-15/h3-6,11,17H,7-10H2,1-2H3/t11-/m1/s1. The molecule has 1 aliphatic rings. The van der Waals surface area contributed by atoms with Crippen molar-refractivity contribution in [3.05, 3.63) is 34.7 Å². The van der Waals surface area contributed by atoms with Crippen LogP contribution in [0.1, 0.15) is 22.2 Å². The number of fused-ring (bicyclic) bond motifs is 1. The van der Waals surface area contributed by atoms with Crippen molar-refractivity contribution in [2.24, 2.45) is 0 Å². The third-order valence-corrected chi connectivity index (χ3v) is 5.97. The summed E-state index contributed by atoms with van der Waals surface area (Å²) in [6.07, 6.45) is 1.21. The van der Waals surface area contributed by atoms with Gasteiger partial charge in [-0.2, -0.15) is 0 Å². The van der Waals surface area contributed by atoms with Crippen LogP contribution in [0.4, 0.5) is 0 Å². The molecule has 23 heavy (non-hydrogen) atoms. The fourth-order valence-corrected chi connectivity index (χ4v) is 5.04. The van der Waals surface area contributed by atoms with Gasteiger partial charge in [-0.1, -0.05) is 18.2 Å². The van der Waals surface area contributed by atoms with Crippen LogP contribution < -0.4 is 5.32 Å². The first-order chi connectivity index (χ1) is 10.8. The average Bonchev–Trinajstić information content (AvgIpc) is 2.83. The van der Waals surface area contributed by atoms with E-state index in [1.165, 1.54) is 17.6 Å². The number of nitrogens with one attached hydrogen (secondary N) is 1. The molecule has 1 N–H and O–H groups in total. The van der Waals surface area contributed by atoms with Gasteiger partial charge in [0.2, 0.25) is 0 Å². The fraction of sp³-hybridized carbons (Fsp3) is 0.438. The fourth-order valence-electron chi connectivity index (χ4n) is 2.94. The first kappa shape index (κ1) is 16.4. The Balaban J connectivity index is 2.05. The summed E-state index contributed by atoms with van der Waals surface area (Å²) < 4.78 is 24.6. The maximum Gasteiger partial charge on any atom is 0.264 e. The van der Waals surface area contributed by atoms with Gasteiger partial charge in [0, 0.05) is 36.6 Å². The van der Waals surface area contributed by atoms with Gasteiger partial charge in [0.1, 0.15) is 0 Å². The second-order valence-electron chi connectivity index (χ2n) is 6.08. The van der Waals surface area contributed by atoms with E-state index in [2.05, 4.69) is 5.32 Å². The number of amides is 1. The van der Waals surface area contributed by atoms with E-state index in [4.69, 9.17) is 0 Å². The number of benzene rings is 1. The summed E-state index contributed by atoms with van der Waals surface area (Å²) in [5, 5.41) is 4.18. The normalized spacial score (nSPS) is 19.2. The first-order valence-electron chi connectivity index (χ1n) is 7.56. The molecule has 2 aromatic rings. The average molecular weight is 352 g/mol. The van der Waals surface area contributed by atoms with E-state index < -0.39 is 9.84 Å². The number of thiophene rings is 1. The highest BCUT2D eigenvalue weighted by molar-refractivity contribution is 7.89. The van der Waals surface area contributed by atoms with Gasteiger partial charge in [-0.15, -0.1) is 11.3 Å². The molecule has 1 aliphatic heterocycles. The number of nitrogens with zero attached hydrogens (tertiary/aromatic N) is 1. The summed E-state index contributed by atoms with van der Waals surface area (Å²) in [7, 11) is -3.21. The number of rotatable bonds is 3. The summed E-state index contributed by atoms with van der Waals surface area (Å²) >= 11 is 1.39. The Labute approximate surface area is 140 Å². The number of hydrogen-bond donors (Lipinski definition) is 1. The molecule has 0 spiro atoms. The van der Waals surface area contributed by atoms with E-state index >= 15 is 0 Å². The zero-order valence-corrected chi connectivity index (χ0v) is 14.8. The number of carbonyl (C=O) groups excluding carboxylic acids is 1. The van der Waals surface area contributed by atoms with Gasteiger partial charge in [-0.05, 0) is 23.9 Å². The van der Waals surface area contributed by atoms with Crippen LogP contribution >= 0.6 is 11.3 Å². The number of piperazine rings is 1. The Morgan fingerprint density at radius 1 is 1.39 bits per heavy atom. The van der Waals surface area contributed by atoms with Crippen molar-refractivity contribution < 1.29 is 13.2 Å². The van der Waals surface area contributed by atoms with Gasteiger partial charge in [-0.3, -0.25) is 4.79 Å². The molecule has 0 unspecified atom stereocenters. The summed E-state index contributed by atoms with van der Waals surface area (Å²) in [5.74, 6) is -0.155. The molecule has 2 heterocycles. The Morgan fingerprint density at radius 2 is 2.13 bits per heavy atom. The predicted octanol–water partition coefficient (Wildman–Crippen LogP) is 1.88. The molecule has 1 aromatic heterocycles. The summed E-state index contributed by atoms with van der Waals surface area (Å²) in [6, 6.07) is 7.86. The lowest BCUT2D eigenvalue weighted by Crippen LogP contribution is -2.51. The van der Waals surface area contributed by atoms with E-state index in [1.54, 1.807) is 0 Å². The molecule has 1 amide bonds. The Kier molecular flexibility index (Phi) is 4.44. The summed E-state index contributed by atoms with van der Waals surface area (Å²) in [5.41, 5.74) is 0.643. The maximum absolute atomic E-state index is 12.9. The van der Waals surface area contributed by atoms with Gasteiger partial charge in [-0.25, -0.2) is 8.42 Å². The molecule has 0 saturated carbocycles. The molecular weight excluding hydrogens is 332 g/mol. The number of sulfone groups is 1. The Morgan fingerprint density at radius 3 is 2.83 bits per heavy atom. The number of hydrogen-bond acceptors (Lipinski definition) is 5. The van der Waals surface area contributed by atoms with Crippen molar-refractivity contribution >= 4 is 37.2 Å². The molecule has 1 fully saturated rings. The lowest BCUT2D eigenvalue weighted by Gasteiger charge is -2.31. The highest BCUT2D eigenvalue weighted by Gasteiger charge is 2.27. The van der Waals surface area contributed by atoms with Gasteiger partial charge in [0.05, 0.1) is 10.6 Å². The molecule has 3 rings (SSSR count). The minimum absolute atomic E-state index is 0.0572. The van der Waals surface area contributed by atoms with Crippen molar-refractivity contribution in [2.45, 2.75) is 18.7 Å². The van der Waals surface area contributed by atoms with Crippen molar-refractivity contribution in [2.75, 3.05) is 25.9 Å². The van der Waals surface area contributed by atoms with Crippen molar-refractivity contribution in [3.8, 4) is 0 Å². The molecule has 5 nitrogen and oxygen atoms in total.